The van der Waals surface area contributed by atoms with Crippen LogP contribution in [0, 0.1) is 17.8 Å². The quantitative estimate of drug-likeness (QED) is 0.866. The molecule has 0 spiro atoms. The Morgan fingerprint density at radius 1 is 1.50 bits per heavy atom. The lowest BCUT2D eigenvalue weighted by Crippen LogP contribution is -2.19. The molecule has 2 aliphatic rings. The highest BCUT2D eigenvalue weighted by Crippen LogP contribution is 2.62. The Balaban J connectivity index is 1.81. The number of fused-ring (bicyclic) bond motifs is 1. The SMILES string of the molecule is CNC(c1cc(Cl)c(Br)s1)C1C2CCCC21. The van der Waals surface area contributed by atoms with Gasteiger partial charge in [-0.05, 0) is 59.6 Å². The summed E-state index contributed by atoms with van der Waals surface area (Å²) in [5.41, 5.74) is 0. The normalized spacial score (nSPS) is 33.8. The summed E-state index contributed by atoms with van der Waals surface area (Å²) in [5, 5.41) is 4.33. The first kappa shape index (κ1) is 11.5. The van der Waals surface area contributed by atoms with Crippen molar-refractivity contribution in [3.05, 3.63) is 19.8 Å². The Kier molecular flexibility index (Phi) is 3.07. The van der Waals surface area contributed by atoms with E-state index in [1.165, 1.54) is 24.1 Å². The van der Waals surface area contributed by atoms with Gasteiger partial charge in [0.2, 0.25) is 0 Å². The van der Waals surface area contributed by atoms with Gasteiger partial charge in [0, 0.05) is 10.9 Å². The van der Waals surface area contributed by atoms with E-state index < -0.39 is 0 Å². The molecule has 1 heterocycles. The molecule has 2 saturated carbocycles. The fourth-order valence-electron chi connectivity index (χ4n) is 3.41. The molecule has 0 bridgehead atoms. The summed E-state index contributed by atoms with van der Waals surface area (Å²) < 4.78 is 1.07. The first-order valence-electron chi connectivity index (χ1n) is 5.84. The molecule has 3 rings (SSSR count). The third-order valence-corrected chi connectivity index (χ3v) is 6.70. The summed E-state index contributed by atoms with van der Waals surface area (Å²) in [4.78, 5) is 1.39. The minimum Gasteiger partial charge on any atom is -0.312 e. The van der Waals surface area contributed by atoms with E-state index >= 15 is 0 Å². The van der Waals surface area contributed by atoms with Crippen molar-refractivity contribution in [2.75, 3.05) is 7.05 Å². The summed E-state index contributed by atoms with van der Waals surface area (Å²) >= 11 is 11.4. The van der Waals surface area contributed by atoms with Crippen molar-refractivity contribution in [1.29, 1.82) is 0 Å². The molecule has 2 aliphatic carbocycles. The van der Waals surface area contributed by atoms with Crippen LogP contribution in [0.1, 0.15) is 30.2 Å². The van der Waals surface area contributed by atoms with E-state index in [9.17, 15) is 0 Å². The van der Waals surface area contributed by atoms with Gasteiger partial charge in [-0.1, -0.05) is 18.0 Å². The van der Waals surface area contributed by atoms with E-state index in [1.807, 2.05) is 0 Å². The largest absolute Gasteiger partial charge is 0.312 e. The van der Waals surface area contributed by atoms with Crippen molar-refractivity contribution >= 4 is 38.9 Å². The molecule has 3 atom stereocenters. The van der Waals surface area contributed by atoms with Crippen LogP contribution in [0.25, 0.3) is 0 Å². The second-order valence-electron chi connectivity index (χ2n) is 4.87. The van der Waals surface area contributed by atoms with E-state index in [2.05, 4.69) is 34.4 Å². The minimum atomic E-state index is 0.518. The number of hydrogen-bond donors (Lipinski definition) is 1. The van der Waals surface area contributed by atoms with Crippen LogP contribution >= 0.6 is 38.9 Å². The van der Waals surface area contributed by atoms with Crippen molar-refractivity contribution in [3.63, 3.8) is 0 Å². The van der Waals surface area contributed by atoms with Crippen LogP contribution in [0.5, 0.6) is 0 Å². The number of thiophene rings is 1. The molecule has 3 unspecified atom stereocenters. The number of rotatable bonds is 3. The van der Waals surface area contributed by atoms with Crippen LogP contribution in [-0.4, -0.2) is 7.05 Å². The summed E-state index contributed by atoms with van der Waals surface area (Å²) in [6.45, 7) is 0. The van der Waals surface area contributed by atoms with Crippen LogP contribution in [0.4, 0.5) is 0 Å². The molecule has 2 fully saturated rings. The van der Waals surface area contributed by atoms with Crippen molar-refractivity contribution < 1.29 is 0 Å². The molecule has 0 radical (unpaired) electrons. The zero-order chi connectivity index (χ0) is 11.3. The third kappa shape index (κ3) is 1.76. The molecule has 0 aromatic carbocycles. The Bertz CT molecular complexity index is 376. The highest BCUT2D eigenvalue weighted by atomic mass is 79.9. The van der Waals surface area contributed by atoms with Crippen LogP contribution in [-0.2, 0) is 0 Å². The van der Waals surface area contributed by atoms with E-state index in [-0.39, 0.29) is 0 Å². The van der Waals surface area contributed by atoms with Gasteiger partial charge in [-0.3, -0.25) is 0 Å². The first-order valence-corrected chi connectivity index (χ1v) is 7.83. The molecule has 4 heteroatoms. The zero-order valence-electron chi connectivity index (χ0n) is 9.17. The molecule has 0 amide bonds. The Morgan fingerprint density at radius 3 is 2.69 bits per heavy atom. The average Bonchev–Trinajstić information content (AvgIpc) is 2.63. The lowest BCUT2D eigenvalue weighted by molar-refractivity contribution is 0.450. The second kappa shape index (κ2) is 4.27. The smallest absolute Gasteiger partial charge is 0.0887 e. The van der Waals surface area contributed by atoms with Gasteiger partial charge in [0.05, 0.1) is 8.81 Å². The van der Waals surface area contributed by atoms with Crippen LogP contribution < -0.4 is 5.32 Å². The highest BCUT2D eigenvalue weighted by Gasteiger charge is 2.56. The minimum absolute atomic E-state index is 0.518. The van der Waals surface area contributed by atoms with Gasteiger partial charge in [-0.2, -0.15) is 0 Å². The highest BCUT2D eigenvalue weighted by molar-refractivity contribution is 9.11. The Labute approximate surface area is 114 Å². The van der Waals surface area contributed by atoms with E-state index in [0.29, 0.717) is 6.04 Å². The standard InChI is InChI=1S/C12H15BrClNS/c1-15-11(9-5-8(14)12(13)16-9)10-6-3-2-4-7(6)10/h5-7,10-11,15H,2-4H2,1H3. The zero-order valence-corrected chi connectivity index (χ0v) is 12.3. The van der Waals surface area contributed by atoms with E-state index in [4.69, 9.17) is 11.6 Å². The average molecular weight is 321 g/mol. The van der Waals surface area contributed by atoms with Gasteiger partial charge < -0.3 is 5.32 Å². The van der Waals surface area contributed by atoms with Gasteiger partial charge in [-0.15, -0.1) is 11.3 Å². The fraction of sp³-hybridized carbons (Fsp3) is 0.667. The van der Waals surface area contributed by atoms with Gasteiger partial charge in [0.25, 0.3) is 0 Å². The van der Waals surface area contributed by atoms with Gasteiger partial charge in [-0.25, -0.2) is 0 Å². The van der Waals surface area contributed by atoms with Crippen molar-refractivity contribution in [2.45, 2.75) is 25.3 Å². The summed E-state index contributed by atoms with van der Waals surface area (Å²) in [6, 6.07) is 2.63. The molecule has 1 aromatic rings. The van der Waals surface area contributed by atoms with Crippen molar-refractivity contribution in [1.82, 2.24) is 5.32 Å². The number of nitrogens with one attached hydrogen (secondary N) is 1. The molecule has 0 saturated heterocycles. The van der Waals surface area contributed by atoms with Crippen LogP contribution in [0.15, 0.2) is 9.85 Å². The van der Waals surface area contributed by atoms with Gasteiger partial charge in [0.15, 0.2) is 0 Å². The van der Waals surface area contributed by atoms with E-state index in [1.54, 1.807) is 11.3 Å². The third-order valence-electron chi connectivity index (χ3n) is 4.14. The predicted molar refractivity (Wildman–Crippen MR) is 73.2 cm³/mol. The Morgan fingerprint density at radius 2 is 2.19 bits per heavy atom. The van der Waals surface area contributed by atoms with Crippen LogP contribution in [0.2, 0.25) is 5.02 Å². The number of halogens is 2. The monoisotopic (exact) mass is 319 g/mol. The molecular formula is C12H15BrClNS. The molecule has 88 valence electrons. The Hall–Kier alpha value is 0.430. The topological polar surface area (TPSA) is 12.0 Å². The molecule has 1 aromatic heterocycles. The predicted octanol–water partition coefficient (Wildman–Crippen LogP) is 4.47. The molecular weight excluding hydrogens is 306 g/mol. The van der Waals surface area contributed by atoms with Gasteiger partial charge in [0.1, 0.15) is 0 Å². The fourth-order valence-corrected chi connectivity index (χ4v) is 5.33. The molecule has 1 nitrogen and oxygen atoms in total. The molecule has 0 aliphatic heterocycles. The maximum absolute atomic E-state index is 6.11. The van der Waals surface area contributed by atoms with Crippen molar-refractivity contribution in [2.24, 2.45) is 17.8 Å². The van der Waals surface area contributed by atoms with Crippen LogP contribution in [0.3, 0.4) is 0 Å². The number of hydrogen-bond acceptors (Lipinski definition) is 2. The maximum Gasteiger partial charge on any atom is 0.0887 e. The summed E-state index contributed by atoms with van der Waals surface area (Å²) in [6.07, 6.45) is 4.32. The summed E-state index contributed by atoms with van der Waals surface area (Å²) in [7, 11) is 2.07. The van der Waals surface area contributed by atoms with E-state index in [0.717, 1.165) is 26.6 Å². The summed E-state index contributed by atoms with van der Waals surface area (Å²) in [5.74, 6) is 2.83. The van der Waals surface area contributed by atoms with Gasteiger partial charge >= 0.3 is 0 Å². The molecule has 16 heavy (non-hydrogen) atoms. The lowest BCUT2D eigenvalue weighted by atomic mass is 10.0. The van der Waals surface area contributed by atoms with Crippen molar-refractivity contribution in [3.8, 4) is 0 Å². The maximum atomic E-state index is 6.11. The first-order chi connectivity index (χ1) is 7.72. The molecule has 1 N–H and O–H groups in total. The second-order valence-corrected chi connectivity index (χ2v) is 7.68. The lowest BCUT2D eigenvalue weighted by Gasteiger charge is -2.16.